The molecular weight excluding hydrogens is 1270 g/mol. The number of benzene rings is 1. The van der Waals surface area contributed by atoms with Crippen molar-refractivity contribution in [1.29, 1.82) is 0 Å². The van der Waals surface area contributed by atoms with Gasteiger partial charge in [0, 0.05) is 99.4 Å². The second kappa shape index (κ2) is 31.7. The van der Waals surface area contributed by atoms with Gasteiger partial charge in [-0.25, -0.2) is 34.3 Å². The van der Waals surface area contributed by atoms with Crippen molar-refractivity contribution in [3.63, 3.8) is 0 Å². The molecule has 0 aliphatic carbocycles. The zero-order chi connectivity index (χ0) is 65.3. The molecule has 0 atom stereocenters. The maximum atomic E-state index is 12.1. The highest BCUT2D eigenvalue weighted by Gasteiger charge is 2.30. The van der Waals surface area contributed by atoms with E-state index in [4.69, 9.17) is 35.3 Å². The SMILES string of the molecule is CC(C)(C)c1cc(Cl)nc2cc(CO)oc12.CC1(C)CN(c2cccc(C(=O)OC(C)(C)C)n2)CCN1.CC1(C)CN(c2ccccn2)CCN1.CCOC(=O)c1cccc(N2CCNC(C)(C)C2)n1.COC(=O)c1cc(I)n(Cc2ccc(OC)cc2)n1. The molecule has 3 aliphatic heterocycles. The Bertz CT molecular complexity index is 3420. The van der Waals surface area contributed by atoms with Crippen molar-refractivity contribution in [2.24, 2.45) is 0 Å². The van der Waals surface area contributed by atoms with E-state index in [9.17, 15) is 14.4 Å². The van der Waals surface area contributed by atoms with Crippen LogP contribution in [0.15, 0.2) is 108 Å². The van der Waals surface area contributed by atoms with Crippen LogP contribution < -0.4 is 35.4 Å². The van der Waals surface area contributed by atoms with Gasteiger partial charge in [-0.1, -0.05) is 62.7 Å². The van der Waals surface area contributed by atoms with E-state index < -0.39 is 11.6 Å². The molecule has 9 heterocycles. The first-order valence-electron chi connectivity index (χ1n) is 29.8. The number of hydrogen-bond acceptors (Lipinski definition) is 20. The number of pyridine rings is 4. The van der Waals surface area contributed by atoms with E-state index in [0.29, 0.717) is 52.2 Å². The molecule has 1 aromatic carbocycles. The molecular formula is C66H90ClIN12O9. The number of nitrogens with zero attached hydrogens (tertiary/aromatic N) is 9. The zero-order valence-corrected chi connectivity index (χ0v) is 57.2. The molecule has 0 unspecified atom stereocenters. The fraction of sp³-hybridized carbons (Fsp3) is 0.485. The highest BCUT2D eigenvalue weighted by molar-refractivity contribution is 14.1. The lowest BCUT2D eigenvalue weighted by Gasteiger charge is -2.39. The number of aliphatic hydroxyl groups excluding tert-OH is 1. The summed E-state index contributed by atoms with van der Waals surface area (Å²) in [6.45, 7) is 36.0. The smallest absolute Gasteiger partial charge is 0.358 e. The minimum Gasteiger partial charge on any atom is -0.497 e. The molecule has 0 amide bonds. The molecule has 10 rings (SSSR count). The Morgan fingerprint density at radius 3 is 1.66 bits per heavy atom. The standard InChI is InChI=1S/C16H25N3O2.C14H21N3O2.C13H13IN2O3.C12H14ClNO2.C11H17N3/c1-15(2,3)21-14(20)12-7-6-8-13(18-12)19-10-9-17-16(4,5)11-19;1-4-19-13(18)11-6-5-7-12(16-11)17-9-8-15-14(2,3)10-17;1-18-10-5-3-9(4-6-10)8-16-12(14)7-11(15-16)13(17)19-2;1-12(2,3)8-5-10(13)14-9-4-7(6-15)16-11(8)9;1-11(2)9-14(8-7-13-11)10-5-3-4-6-12-10/h6-8,17H,9-11H2,1-5H3;5-7,15H,4,8-10H2,1-3H3;3-7H,8H2,1-2H3;4-5,15H,6H2,1-3H3;3-6,13H,7-9H2,1-2H3. The van der Waals surface area contributed by atoms with E-state index in [2.05, 4.69) is 151 Å². The molecule has 0 spiro atoms. The molecule has 0 radical (unpaired) electrons. The number of ether oxygens (including phenoxy) is 4. The van der Waals surface area contributed by atoms with Crippen molar-refractivity contribution in [2.75, 3.05) is 94.4 Å². The van der Waals surface area contributed by atoms with Crippen molar-refractivity contribution >= 4 is 80.7 Å². The van der Waals surface area contributed by atoms with Gasteiger partial charge >= 0.3 is 17.9 Å². The third kappa shape index (κ3) is 22.2. The number of piperazine rings is 3. The summed E-state index contributed by atoms with van der Waals surface area (Å²) < 4.78 is 28.3. The van der Waals surface area contributed by atoms with Crippen LogP contribution in [0.3, 0.4) is 0 Å². The van der Waals surface area contributed by atoms with Crippen LogP contribution in [0.5, 0.6) is 5.75 Å². The van der Waals surface area contributed by atoms with E-state index >= 15 is 0 Å². The minimum absolute atomic E-state index is 0.0435. The third-order valence-corrected chi connectivity index (χ3v) is 15.0. The number of halogens is 2. The van der Waals surface area contributed by atoms with Crippen molar-refractivity contribution in [3.05, 3.63) is 146 Å². The van der Waals surface area contributed by atoms with Gasteiger partial charge in [-0.15, -0.1) is 0 Å². The zero-order valence-electron chi connectivity index (χ0n) is 54.3. The molecule has 0 bridgehead atoms. The summed E-state index contributed by atoms with van der Waals surface area (Å²) in [4.78, 5) is 59.3. The maximum absolute atomic E-state index is 12.1. The molecule has 482 valence electrons. The average Bonchev–Trinajstić information content (AvgIpc) is 2.12. The average molecular weight is 1360 g/mol. The molecule has 0 saturated carbocycles. The number of carbonyl (C=O) groups excluding carboxylic acids is 3. The Hall–Kier alpha value is -6.96. The van der Waals surface area contributed by atoms with Crippen molar-refractivity contribution in [3.8, 4) is 5.75 Å². The summed E-state index contributed by atoms with van der Waals surface area (Å²) in [5, 5.41) is 24.1. The van der Waals surface area contributed by atoms with Gasteiger partial charge in [-0.05, 0) is 157 Å². The number of fused-ring (bicyclic) bond motifs is 1. The normalized spacial score (nSPS) is 15.9. The highest BCUT2D eigenvalue weighted by Crippen LogP contribution is 2.33. The third-order valence-electron chi connectivity index (χ3n) is 14.0. The van der Waals surface area contributed by atoms with Crippen LogP contribution in [0.25, 0.3) is 11.1 Å². The van der Waals surface area contributed by atoms with Gasteiger partial charge in [0.2, 0.25) is 0 Å². The van der Waals surface area contributed by atoms with Gasteiger partial charge in [-0.2, -0.15) is 5.10 Å². The Labute approximate surface area is 543 Å². The summed E-state index contributed by atoms with van der Waals surface area (Å²) in [6, 6.07) is 30.0. The number of nitrogens with one attached hydrogen (secondary N) is 3. The molecule has 3 saturated heterocycles. The number of methoxy groups -OCH3 is 2. The summed E-state index contributed by atoms with van der Waals surface area (Å²) in [6.07, 6.45) is 1.85. The fourth-order valence-electron chi connectivity index (χ4n) is 9.80. The monoisotopic (exact) mass is 1360 g/mol. The first kappa shape index (κ1) is 71.1. The Balaban J connectivity index is 0.000000178. The number of rotatable bonds is 11. The lowest BCUT2D eigenvalue weighted by Crippen LogP contribution is -2.57. The number of anilines is 3. The first-order valence-corrected chi connectivity index (χ1v) is 31.3. The highest BCUT2D eigenvalue weighted by atomic mass is 127. The molecule has 4 N–H and O–H groups in total. The summed E-state index contributed by atoms with van der Waals surface area (Å²) >= 11 is 8.11. The molecule has 6 aromatic heterocycles. The van der Waals surface area contributed by atoms with Gasteiger partial charge in [-0.3, -0.25) is 4.68 Å². The van der Waals surface area contributed by atoms with Crippen LogP contribution in [-0.2, 0) is 32.8 Å². The lowest BCUT2D eigenvalue weighted by atomic mass is 9.87. The predicted octanol–water partition coefficient (Wildman–Crippen LogP) is 10.5. The van der Waals surface area contributed by atoms with Gasteiger partial charge in [0.1, 0.15) is 55.5 Å². The largest absolute Gasteiger partial charge is 0.497 e. The Kier molecular flexibility index (Phi) is 25.3. The van der Waals surface area contributed by atoms with Crippen LogP contribution >= 0.6 is 34.2 Å². The van der Waals surface area contributed by atoms with E-state index in [0.717, 1.165) is 96.9 Å². The van der Waals surface area contributed by atoms with Crippen molar-refractivity contribution in [2.45, 2.75) is 131 Å². The summed E-state index contributed by atoms with van der Waals surface area (Å²) in [5.41, 5.74) is 4.25. The number of esters is 3. The van der Waals surface area contributed by atoms with E-state index in [1.807, 2.05) is 93.7 Å². The quantitative estimate of drug-likeness (QED) is 0.0408. The summed E-state index contributed by atoms with van der Waals surface area (Å²) in [5.74, 6) is 2.91. The van der Waals surface area contributed by atoms with Crippen molar-refractivity contribution < 1.29 is 42.9 Å². The van der Waals surface area contributed by atoms with Crippen LogP contribution in [0, 0.1) is 3.70 Å². The lowest BCUT2D eigenvalue weighted by molar-refractivity contribution is 0.00623. The van der Waals surface area contributed by atoms with E-state index in [1.165, 1.54) is 7.11 Å². The topological polar surface area (TPSA) is 237 Å². The number of aromatic nitrogens is 6. The Morgan fingerprint density at radius 2 is 1.20 bits per heavy atom. The van der Waals surface area contributed by atoms with Crippen molar-refractivity contribution in [1.82, 2.24) is 45.7 Å². The van der Waals surface area contributed by atoms with Gasteiger partial charge in [0.25, 0.3) is 0 Å². The van der Waals surface area contributed by atoms with Crippen LogP contribution in [0.2, 0.25) is 5.15 Å². The fourth-order valence-corrected chi connectivity index (χ4v) is 10.6. The van der Waals surface area contributed by atoms with Crippen LogP contribution in [0.1, 0.15) is 138 Å². The Morgan fingerprint density at radius 1 is 0.674 bits per heavy atom. The van der Waals surface area contributed by atoms with Crippen LogP contribution in [-0.4, -0.2) is 155 Å². The van der Waals surface area contributed by atoms with Gasteiger partial charge < -0.3 is 59.1 Å². The van der Waals surface area contributed by atoms with Gasteiger partial charge in [0.05, 0.1) is 27.4 Å². The number of furan rings is 1. The number of hydrogen-bond donors (Lipinski definition) is 4. The molecule has 21 nitrogen and oxygen atoms in total. The predicted molar refractivity (Wildman–Crippen MR) is 359 cm³/mol. The molecule has 23 heteroatoms. The number of aliphatic hydroxyl groups is 1. The first-order chi connectivity index (χ1) is 41.9. The minimum atomic E-state index is -0.508. The second-order valence-electron chi connectivity index (χ2n) is 25.5. The molecule has 89 heavy (non-hydrogen) atoms. The summed E-state index contributed by atoms with van der Waals surface area (Å²) in [7, 11) is 2.98. The number of carbonyl (C=O) groups is 3. The van der Waals surface area contributed by atoms with Gasteiger partial charge in [0.15, 0.2) is 22.7 Å². The molecule has 7 aromatic rings. The molecule has 3 aliphatic rings. The van der Waals surface area contributed by atoms with E-state index in [1.54, 1.807) is 43.0 Å². The van der Waals surface area contributed by atoms with Crippen LogP contribution in [0.4, 0.5) is 17.5 Å². The van der Waals surface area contributed by atoms with E-state index in [-0.39, 0.29) is 40.6 Å². The maximum Gasteiger partial charge on any atom is 0.358 e. The second-order valence-corrected chi connectivity index (χ2v) is 27.0. The molecule has 3 fully saturated rings.